The molecule has 5 rings (SSSR count). The summed E-state index contributed by atoms with van der Waals surface area (Å²) in [6, 6.07) is 10.8. The molecular weight excluding hydrogens is 336 g/mol. The van der Waals surface area contributed by atoms with Crippen LogP contribution in [-0.2, 0) is 19.4 Å². The molecule has 1 aliphatic heterocycles. The summed E-state index contributed by atoms with van der Waals surface area (Å²) in [5.74, 6) is 1.03. The van der Waals surface area contributed by atoms with Crippen LogP contribution in [0.1, 0.15) is 36.1 Å². The molecule has 1 aliphatic carbocycles. The van der Waals surface area contributed by atoms with E-state index in [4.69, 9.17) is 4.98 Å². The third-order valence-electron chi connectivity index (χ3n) is 5.83. The van der Waals surface area contributed by atoms with Gasteiger partial charge >= 0.3 is 0 Å². The van der Waals surface area contributed by atoms with E-state index in [0.717, 1.165) is 63.6 Å². The second kappa shape index (κ2) is 7.27. The van der Waals surface area contributed by atoms with Gasteiger partial charge in [0.25, 0.3) is 0 Å². The van der Waals surface area contributed by atoms with Crippen molar-refractivity contribution in [1.29, 1.82) is 0 Å². The van der Waals surface area contributed by atoms with Crippen LogP contribution in [0.5, 0.6) is 0 Å². The van der Waals surface area contributed by atoms with Gasteiger partial charge in [-0.05, 0) is 37.7 Å². The van der Waals surface area contributed by atoms with Gasteiger partial charge < -0.3 is 4.90 Å². The van der Waals surface area contributed by atoms with Gasteiger partial charge in [0.15, 0.2) is 5.65 Å². The fraction of sp³-hybridized carbons (Fsp3) is 0.476. The van der Waals surface area contributed by atoms with Crippen molar-refractivity contribution in [2.75, 3.05) is 31.1 Å². The molecule has 1 saturated heterocycles. The normalized spacial score (nSPS) is 18.4. The summed E-state index contributed by atoms with van der Waals surface area (Å²) in [6.07, 6.45) is 7.59. The molecule has 0 amide bonds. The lowest BCUT2D eigenvalue weighted by Crippen LogP contribution is -2.32. The van der Waals surface area contributed by atoms with Crippen LogP contribution < -0.4 is 4.90 Å². The van der Waals surface area contributed by atoms with Crippen LogP contribution in [0.2, 0.25) is 0 Å². The largest absolute Gasteiger partial charge is 0.341 e. The van der Waals surface area contributed by atoms with Gasteiger partial charge in [0.2, 0.25) is 5.95 Å². The van der Waals surface area contributed by atoms with E-state index in [1.165, 1.54) is 29.7 Å². The molecule has 6 heteroatoms. The van der Waals surface area contributed by atoms with Crippen LogP contribution in [0.25, 0.3) is 5.65 Å². The zero-order valence-electron chi connectivity index (χ0n) is 15.7. The number of rotatable bonds is 3. The van der Waals surface area contributed by atoms with Crippen molar-refractivity contribution in [2.45, 2.75) is 38.6 Å². The molecular formula is C21H26N6. The highest BCUT2D eigenvalue weighted by Crippen LogP contribution is 2.27. The second-order valence-electron chi connectivity index (χ2n) is 7.67. The van der Waals surface area contributed by atoms with E-state index in [2.05, 4.69) is 54.7 Å². The first-order valence-corrected chi connectivity index (χ1v) is 10.1. The minimum atomic E-state index is 0.992. The zero-order valence-corrected chi connectivity index (χ0v) is 15.7. The Labute approximate surface area is 159 Å². The van der Waals surface area contributed by atoms with Gasteiger partial charge in [-0.3, -0.25) is 9.30 Å². The Morgan fingerprint density at radius 1 is 0.889 bits per heavy atom. The lowest BCUT2D eigenvalue weighted by Gasteiger charge is -2.25. The Morgan fingerprint density at radius 2 is 1.78 bits per heavy atom. The molecule has 0 atom stereocenters. The Morgan fingerprint density at radius 3 is 2.70 bits per heavy atom. The van der Waals surface area contributed by atoms with Crippen molar-refractivity contribution in [2.24, 2.45) is 0 Å². The van der Waals surface area contributed by atoms with Crippen LogP contribution in [0.15, 0.2) is 36.7 Å². The summed E-state index contributed by atoms with van der Waals surface area (Å²) in [6.45, 7) is 5.23. The lowest BCUT2D eigenvalue weighted by molar-refractivity contribution is 0.285. The molecule has 0 N–H and O–H groups in total. The number of fused-ring (bicyclic) bond motifs is 3. The predicted molar refractivity (Wildman–Crippen MR) is 106 cm³/mol. The van der Waals surface area contributed by atoms with Gasteiger partial charge in [0, 0.05) is 38.3 Å². The van der Waals surface area contributed by atoms with E-state index in [1.54, 1.807) is 0 Å². The predicted octanol–water partition coefficient (Wildman–Crippen LogP) is 2.72. The third-order valence-corrected chi connectivity index (χ3v) is 5.83. The highest BCUT2D eigenvalue weighted by atomic mass is 15.4. The van der Waals surface area contributed by atoms with E-state index in [9.17, 15) is 0 Å². The Hall–Kier alpha value is -2.47. The zero-order chi connectivity index (χ0) is 18.1. The van der Waals surface area contributed by atoms with Crippen molar-refractivity contribution in [3.63, 3.8) is 0 Å². The molecule has 0 unspecified atom stereocenters. The molecule has 0 saturated carbocycles. The van der Waals surface area contributed by atoms with Gasteiger partial charge in [-0.2, -0.15) is 0 Å². The van der Waals surface area contributed by atoms with E-state index in [1.807, 2.05) is 6.33 Å². The van der Waals surface area contributed by atoms with Gasteiger partial charge in [-0.25, -0.2) is 4.98 Å². The Balaban J connectivity index is 1.38. The number of anilines is 1. The van der Waals surface area contributed by atoms with Crippen molar-refractivity contribution in [3.8, 4) is 0 Å². The average molecular weight is 362 g/mol. The molecule has 140 valence electrons. The number of benzene rings is 1. The molecule has 3 aromatic rings. The molecule has 0 radical (unpaired) electrons. The second-order valence-corrected chi connectivity index (χ2v) is 7.67. The van der Waals surface area contributed by atoms with Crippen LogP contribution in [0, 0.1) is 0 Å². The molecule has 6 nitrogen and oxygen atoms in total. The van der Waals surface area contributed by atoms with Crippen LogP contribution in [0.3, 0.4) is 0 Å². The highest BCUT2D eigenvalue weighted by Gasteiger charge is 2.23. The summed E-state index contributed by atoms with van der Waals surface area (Å²) in [7, 11) is 0. The quantitative estimate of drug-likeness (QED) is 0.717. The number of aryl methyl sites for hydroxylation is 2. The Kier molecular flexibility index (Phi) is 4.49. The van der Waals surface area contributed by atoms with E-state index in [-0.39, 0.29) is 0 Å². The van der Waals surface area contributed by atoms with E-state index < -0.39 is 0 Å². The molecule has 2 aromatic heterocycles. The molecule has 1 fully saturated rings. The molecule has 0 spiro atoms. The molecule has 2 aliphatic rings. The molecule has 27 heavy (non-hydrogen) atoms. The number of hydrogen-bond donors (Lipinski definition) is 0. The monoisotopic (exact) mass is 362 g/mol. The summed E-state index contributed by atoms with van der Waals surface area (Å²) in [4.78, 5) is 10.1. The SMILES string of the molecule is c1ccc(CN2CCCN(c3nc4c(c5nncn35)CCCC4)CC2)cc1. The average Bonchev–Trinajstić information content (AvgIpc) is 3.10. The van der Waals surface area contributed by atoms with E-state index >= 15 is 0 Å². The first kappa shape index (κ1) is 16.7. The Bertz CT molecular complexity index is 919. The summed E-state index contributed by atoms with van der Waals surface area (Å²) >= 11 is 0. The van der Waals surface area contributed by atoms with Crippen molar-refractivity contribution in [3.05, 3.63) is 53.5 Å². The molecule has 1 aromatic carbocycles. The smallest absolute Gasteiger partial charge is 0.212 e. The fourth-order valence-electron chi connectivity index (χ4n) is 4.41. The van der Waals surface area contributed by atoms with Gasteiger partial charge in [0.1, 0.15) is 6.33 Å². The third kappa shape index (κ3) is 3.30. The van der Waals surface area contributed by atoms with Crippen LogP contribution in [-0.4, -0.2) is 50.7 Å². The first-order chi connectivity index (χ1) is 13.4. The fourth-order valence-corrected chi connectivity index (χ4v) is 4.41. The lowest BCUT2D eigenvalue weighted by atomic mass is 9.97. The van der Waals surface area contributed by atoms with Crippen molar-refractivity contribution < 1.29 is 0 Å². The van der Waals surface area contributed by atoms with Gasteiger partial charge in [-0.15, -0.1) is 10.2 Å². The van der Waals surface area contributed by atoms with Gasteiger partial charge in [-0.1, -0.05) is 30.3 Å². The first-order valence-electron chi connectivity index (χ1n) is 10.1. The van der Waals surface area contributed by atoms with Crippen LogP contribution >= 0.6 is 0 Å². The number of hydrogen-bond acceptors (Lipinski definition) is 5. The maximum Gasteiger partial charge on any atom is 0.212 e. The molecule has 3 heterocycles. The number of aromatic nitrogens is 4. The van der Waals surface area contributed by atoms with E-state index in [0.29, 0.717) is 0 Å². The van der Waals surface area contributed by atoms with Crippen molar-refractivity contribution in [1.82, 2.24) is 24.5 Å². The maximum atomic E-state index is 5.08. The minimum Gasteiger partial charge on any atom is -0.341 e. The van der Waals surface area contributed by atoms with Gasteiger partial charge in [0.05, 0.1) is 5.69 Å². The standard InChI is InChI=1S/C21H26N6/c1-2-7-17(8-3-1)15-25-11-6-12-26(14-13-25)21-23-19-10-5-4-9-18(19)20-24-22-16-27(20)21/h1-3,7-8,16H,4-6,9-15H2. The minimum absolute atomic E-state index is 0.992. The summed E-state index contributed by atoms with van der Waals surface area (Å²) in [5.41, 5.74) is 4.95. The number of nitrogens with zero attached hydrogens (tertiary/aromatic N) is 6. The summed E-state index contributed by atoms with van der Waals surface area (Å²) in [5, 5.41) is 8.61. The van der Waals surface area contributed by atoms with Crippen LogP contribution in [0.4, 0.5) is 5.95 Å². The highest BCUT2D eigenvalue weighted by molar-refractivity contribution is 5.55. The summed E-state index contributed by atoms with van der Waals surface area (Å²) < 4.78 is 2.11. The topological polar surface area (TPSA) is 49.6 Å². The maximum absolute atomic E-state index is 5.08. The van der Waals surface area contributed by atoms with Crippen molar-refractivity contribution >= 4 is 11.6 Å². The molecule has 0 bridgehead atoms.